The van der Waals surface area contributed by atoms with Gasteiger partial charge in [-0.25, -0.2) is 22.3 Å². The lowest BCUT2D eigenvalue weighted by Crippen LogP contribution is -2.35. The summed E-state index contributed by atoms with van der Waals surface area (Å²) in [6.07, 6.45) is -0.00395. The number of nitrogens with two attached hydrogens (primary N) is 1. The minimum atomic E-state index is -3.87. The van der Waals surface area contributed by atoms with Crippen LogP contribution in [0.25, 0.3) is 11.1 Å². The molecule has 12 heteroatoms. The first-order valence-corrected chi connectivity index (χ1v) is 15.0. The van der Waals surface area contributed by atoms with Crippen molar-refractivity contribution in [3.8, 4) is 11.1 Å². The fraction of sp³-hybridized carbons (Fsp3) is 0.156. The SMILES string of the molecule is NS(=O)(=O)c1ccc(CCN(CCC(=O)O)C(=O)c2ccccc2-c2ccccc2C(=O)NCc2cc(F)cc(F)c2)cc1. The molecule has 4 aromatic rings. The van der Waals surface area contributed by atoms with Gasteiger partial charge in [0.05, 0.1) is 11.3 Å². The van der Waals surface area contributed by atoms with Crippen molar-refractivity contribution in [1.29, 1.82) is 0 Å². The van der Waals surface area contributed by atoms with Crippen LogP contribution in [-0.2, 0) is 27.8 Å². The molecule has 0 radical (unpaired) electrons. The van der Waals surface area contributed by atoms with Crippen molar-refractivity contribution in [3.05, 3.63) is 125 Å². The summed E-state index contributed by atoms with van der Waals surface area (Å²) < 4.78 is 50.3. The fourth-order valence-corrected chi connectivity index (χ4v) is 5.15. The Balaban J connectivity index is 1.59. The first-order chi connectivity index (χ1) is 20.9. The smallest absolute Gasteiger partial charge is 0.305 e. The molecule has 44 heavy (non-hydrogen) atoms. The minimum Gasteiger partial charge on any atom is -0.481 e. The zero-order valence-corrected chi connectivity index (χ0v) is 24.2. The predicted molar refractivity (Wildman–Crippen MR) is 159 cm³/mol. The number of nitrogens with one attached hydrogen (secondary N) is 1. The Morgan fingerprint density at radius 2 is 1.34 bits per heavy atom. The molecular formula is C32H29F2N3O6S. The van der Waals surface area contributed by atoms with E-state index in [-0.39, 0.29) is 47.6 Å². The van der Waals surface area contributed by atoms with E-state index in [1.165, 1.54) is 17.0 Å². The Morgan fingerprint density at radius 3 is 1.93 bits per heavy atom. The van der Waals surface area contributed by atoms with E-state index in [4.69, 9.17) is 5.14 Å². The molecule has 0 saturated heterocycles. The van der Waals surface area contributed by atoms with Crippen LogP contribution in [0.2, 0.25) is 0 Å². The average molecular weight is 622 g/mol. The lowest BCUT2D eigenvalue weighted by Gasteiger charge is -2.24. The maximum absolute atomic E-state index is 13.9. The summed E-state index contributed by atoms with van der Waals surface area (Å²) in [5, 5.41) is 17.1. The highest BCUT2D eigenvalue weighted by molar-refractivity contribution is 7.89. The number of aliphatic carboxylic acids is 1. The maximum Gasteiger partial charge on any atom is 0.305 e. The van der Waals surface area contributed by atoms with E-state index in [1.54, 1.807) is 60.7 Å². The number of carboxylic acid groups (broad SMARTS) is 1. The first kappa shape index (κ1) is 32.0. The molecule has 4 aromatic carbocycles. The van der Waals surface area contributed by atoms with Crippen LogP contribution in [0.4, 0.5) is 8.78 Å². The standard InChI is InChI=1S/C32H29F2N3O6S/c33-23-17-22(18-24(34)19-23)20-36-31(40)28-7-3-1-5-26(28)27-6-2-4-8-29(27)32(41)37(16-14-30(38)39)15-13-21-9-11-25(12-10-21)44(35,42)43/h1-12,17-19H,13-16,20H2,(H,36,40)(H,38,39)(H2,35,42,43). The summed E-state index contributed by atoms with van der Waals surface area (Å²) in [6, 6.07) is 22.0. The van der Waals surface area contributed by atoms with Gasteiger partial charge < -0.3 is 15.3 Å². The van der Waals surface area contributed by atoms with Crippen molar-refractivity contribution in [2.75, 3.05) is 13.1 Å². The number of hydrogen-bond donors (Lipinski definition) is 3. The van der Waals surface area contributed by atoms with Gasteiger partial charge in [-0.1, -0.05) is 48.5 Å². The summed E-state index contributed by atoms with van der Waals surface area (Å²) in [4.78, 5) is 39.8. The molecule has 4 N–H and O–H groups in total. The number of rotatable bonds is 12. The van der Waals surface area contributed by atoms with Crippen LogP contribution >= 0.6 is 0 Å². The van der Waals surface area contributed by atoms with Crippen LogP contribution in [0.1, 0.15) is 38.3 Å². The molecular weight excluding hydrogens is 592 g/mol. The van der Waals surface area contributed by atoms with Gasteiger partial charge in [-0.15, -0.1) is 0 Å². The monoisotopic (exact) mass is 621 g/mol. The van der Waals surface area contributed by atoms with Crippen molar-refractivity contribution in [1.82, 2.24) is 10.2 Å². The lowest BCUT2D eigenvalue weighted by atomic mass is 9.94. The quantitative estimate of drug-likeness (QED) is 0.214. The summed E-state index contributed by atoms with van der Waals surface area (Å²) in [7, 11) is -3.87. The number of amides is 2. The second-order valence-electron chi connectivity index (χ2n) is 9.93. The number of carbonyl (C=O) groups excluding carboxylic acids is 2. The Morgan fingerprint density at radius 1 is 0.773 bits per heavy atom. The summed E-state index contributed by atoms with van der Waals surface area (Å²) in [5.41, 5.74) is 2.25. The number of sulfonamides is 1. The van der Waals surface area contributed by atoms with E-state index in [0.717, 1.165) is 18.2 Å². The number of carboxylic acids is 1. The molecule has 0 saturated carbocycles. The largest absolute Gasteiger partial charge is 0.481 e. The molecule has 2 amide bonds. The Hall–Kier alpha value is -4.94. The van der Waals surface area contributed by atoms with Crippen LogP contribution < -0.4 is 10.5 Å². The van der Waals surface area contributed by atoms with Crippen molar-refractivity contribution in [3.63, 3.8) is 0 Å². The number of benzene rings is 4. The molecule has 0 unspecified atom stereocenters. The molecule has 0 bridgehead atoms. The first-order valence-electron chi connectivity index (χ1n) is 13.5. The molecule has 0 fully saturated rings. The van der Waals surface area contributed by atoms with Gasteiger partial charge in [0.25, 0.3) is 11.8 Å². The average Bonchev–Trinajstić information content (AvgIpc) is 2.99. The Kier molecular flexibility index (Phi) is 10.2. The van der Waals surface area contributed by atoms with Crippen LogP contribution in [0.15, 0.2) is 95.9 Å². The van der Waals surface area contributed by atoms with Crippen LogP contribution in [0.3, 0.4) is 0 Å². The zero-order valence-electron chi connectivity index (χ0n) is 23.4. The molecule has 0 heterocycles. The molecule has 0 atom stereocenters. The van der Waals surface area contributed by atoms with Gasteiger partial charge in [-0.3, -0.25) is 14.4 Å². The van der Waals surface area contributed by atoms with Gasteiger partial charge in [0.1, 0.15) is 11.6 Å². The number of hydrogen-bond acceptors (Lipinski definition) is 5. The number of nitrogens with zero attached hydrogens (tertiary/aromatic N) is 1. The van der Waals surface area contributed by atoms with E-state index in [2.05, 4.69) is 5.32 Å². The normalized spacial score (nSPS) is 11.2. The van der Waals surface area contributed by atoms with Crippen molar-refractivity contribution < 1.29 is 36.7 Å². The molecule has 0 aromatic heterocycles. The van der Waals surface area contributed by atoms with Crippen molar-refractivity contribution >= 4 is 27.8 Å². The van der Waals surface area contributed by atoms with Crippen LogP contribution in [0, 0.1) is 11.6 Å². The minimum absolute atomic E-state index is 0.0558. The second kappa shape index (κ2) is 14.0. The van der Waals surface area contributed by atoms with E-state index in [1.807, 2.05) is 0 Å². The third-order valence-corrected chi connectivity index (χ3v) is 7.73. The second-order valence-corrected chi connectivity index (χ2v) is 11.5. The summed E-state index contributed by atoms with van der Waals surface area (Å²) in [5.74, 6) is -3.62. The highest BCUT2D eigenvalue weighted by Gasteiger charge is 2.23. The third-order valence-electron chi connectivity index (χ3n) is 6.80. The Bertz CT molecular complexity index is 1780. The van der Waals surface area contributed by atoms with Gasteiger partial charge in [0, 0.05) is 36.8 Å². The van der Waals surface area contributed by atoms with E-state index >= 15 is 0 Å². The van der Waals surface area contributed by atoms with Gasteiger partial charge >= 0.3 is 5.97 Å². The van der Waals surface area contributed by atoms with E-state index in [9.17, 15) is 36.7 Å². The van der Waals surface area contributed by atoms with E-state index in [0.29, 0.717) is 23.1 Å². The lowest BCUT2D eigenvalue weighted by molar-refractivity contribution is -0.137. The molecule has 4 rings (SSSR count). The number of primary sulfonamides is 1. The molecule has 0 aliphatic carbocycles. The van der Waals surface area contributed by atoms with Gasteiger partial charge in [-0.2, -0.15) is 0 Å². The Labute approximate surface area is 253 Å². The summed E-state index contributed by atoms with van der Waals surface area (Å²) in [6.45, 7) is -0.102. The third kappa shape index (κ3) is 8.33. The van der Waals surface area contributed by atoms with Gasteiger partial charge in [0.2, 0.25) is 10.0 Å². The van der Waals surface area contributed by atoms with Crippen molar-refractivity contribution in [2.45, 2.75) is 24.3 Å². The maximum atomic E-state index is 13.9. The van der Waals surface area contributed by atoms with Crippen LogP contribution in [0.5, 0.6) is 0 Å². The highest BCUT2D eigenvalue weighted by Crippen LogP contribution is 2.29. The van der Waals surface area contributed by atoms with Crippen molar-refractivity contribution in [2.24, 2.45) is 5.14 Å². The zero-order chi connectivity index (χ0) is 31.9. The van der Waals surface area contributed by atoms with Gasteiger partial charge in [-0.05, 0) is 65.1 Å². The molecule has 228 valence electrons. The van der Waals surface area contributed by atoms with E-state index < -0.39 is 39.4 Å². The molecule has 0 aliphatic rings. The van der Waals surface area contributed by atoms with Crippen LogP contribution in [-0.4, -0.2) is 49.3 Å². The fourth-order valence-electron chi connectivity index (χ4n) is 4.64. The molecule has 0 spiro atoms. The summed E-state index contributed by atoms with van der Waals surface area (Å²) >= 11 is 0. The molecule has 9 nitrogen and oxygen atoms in total. The topological polar surface area (TPSA) is 147 Å². The predicted octanol–water partition coefficient (Wildman–Crippen LogP) is 4.37. The highest BCUT2D eigenvalue weighted by atomic mass is 32.2. The molecule has 0 aliphatic heterocycles. The number of halogens is 2. The van der Waals surface area contributed by atoms with Gasteiger partial charge in [0.15, 0.2) is 0 Å². The number of carbonyl (C=O) groups is 3.